The number of rotatable bonds is 6. The number of nitrogens with zero attached hydrogens (tertiary/aromatic N) is 1. The Morgan fingerprint density at radius 2 is 2.29 bits per heavy atom. The van der Waals surface area contributed by atoms with E-state index in [0.29, 0.717) is 19.0 Å². The van der Waals surface area contributed by atoms with Crippen molar-refractivity contribution in [3.05, 3.63) is 18.3 Å². The Balaban J connectivity index is 2.78. The van der Waals surface area contributed by atoms with Gasteiger partial charge in [-0.25, -0.2) is 13.4 Å². The second kappa shape index (κ2) is 6.18. The van der Waals surface area contributed by atoms with Crippen molar-refractivity contribution in [1.29, 1.82) is 0 Å². The van der Waals surface area contributed by atoms with Crippen molar-refractivity contribution in [1.82, 2.24) is 4.98 Å². The van der Waals surface area contributed by atoms with Crippen LogP contribution in [0.3, 0.4) is 0 Å². The number of alkyl halides is 1. The number of hydrogen-bond donors (Lipinski definition) is 1. The lowest BCUT2D eigenvalue weighted by atomic mass is 10.4. The monoisotopic (exact) mass is 278 g/mol. The Morgan fingerprint density at radius 3 is 2.88 bits per heavy atom. The Bertz CT molecular complexity index is 464. The Kier molecular flexibility index (Phi) is 5.17. The Labute approximate surface area is 106 Å². The number of anilines is 1. The molecule has 0 aromatic carbocycles. The van der Waals surface area contributed by atoms with E-state index in [1.54, 1.807) is 13.2 Å². The van der Waals surface area contributed by atoms with E-state index in [-0.39, 0.29) is 10.3 Å². The Hall–Kier alpha value is -0.850. The van der Waals surface area contributed by atoms with Crippen molar-refractivity contribution in [3.8, 4) is 0 Å². The summed E-state index contributed by atoms with van der Waals surface area (Å²) in [4.78, 5) is 4.16. The van der Waals surface area contributed by atoms with Crippen molar-refractivity contribution in [2.24, 2.45) is 0 Å². The van der Waals surface area contributed by atoms with E-state index in [9.17, 15) is 8.42 Å². The second-order valence-corrected chi connectivity index (χ2v) is 6.16. The van der Waals surface area contributed by atoms with Gasteiger partial charge in [0, 0.05) is 26.1 Å². The van der Waals surface area contributed by atoms with Crippen LogP contribution in [0.1, 0.15) is 0 Å². The topological polar surface area (TPSA) is 68.3 Å². The largest absolute Gasteiger partial charge is 0.383 e. The molecule has 1 aromatic rings. The molecule has 17 heavy (non-hydrogen) atoms. The molecule has 7 heteroatoms. The molecule has 0 fully saturated rings. The molecule has 1 aromatic heterocycles. The van der Waals surface area contributed by atoms with Crippen LogP contribution in [0.5, 0.6) is 0 Å². The van der Waals surface area contributed by atoms with Crippen LogP contribution in [-0.4, -0.2) is 45.3 Å². The molecule has 0 aliphatic rings. The maximum atomic E-state index is 11.5. The fourth-order valence-corrected chi connectivity index (χ4v) is 2.27. The highest BCUT2D eigenvalue weighted by Gasteiger charge is 2.14. The maximum Gasteiger partial charge on any atom is 0.179 e. The molecule has 96 valence electrons. The molecular weight excluding hydrogens is 264 g/mol. The minimum absolute atomic E-state index is 0.168. The van der Waals surface area contributed by atoms with Crippen LogP contribution in [0.4, 0.5) is 5.82 Å². The van der Waals surface area contributed by atoms with E-state index in [0.717, 1.165) is 6.26 Å². The molecule has 0 saturated carbocycles. The average molecular weight is 279 g/mol. The first kappa shape index (κ1) is 14.2. The highest BCUT2D eigenvalue weighted by Crippen LogP contribution is 2.17. The molecule has 1 heterocycles. The summed E-state index contributed by atoms with van der Waals surface area (Å²) in [7, 11) is -1.74. The van der Waals surface area contributed by atoms with Gasteiger partial charge in [-0.05, 0) is 12.1 Å². The van der Waals surface area contributed by atoms with Crippen LogP contribution < -0.4 is 5.32 Å². The minimum Gasteiger partial charge on any atom is -0.383 e. The van der Waals surface area contributed by atoms with Gasteiger partial charge in [0.2, 0.25) is 0 Å². The zero-order valence-electron chi connectivity index (χ0n) is 9.68. The molecule has 0 radical (unpaired) electrons. The lowest BCUT2D eigenvalue weighted by Gasteiger charge is -2.12. The summed E-state index contributed by atoms with van der Waals surface area (Å²) in [5.74, 6) is 0.316. The molecule has 0 aliphatic carbocycles. The molecule has 0 saturated heterocycles. The number of hydrogen-bond acceptors (Lipinski definition) is 5. The fraction of sp³-hybridized carbons (Fsp3) is 0.500. The predicted octanol–water partition coefficient (Wildman–Crippen LogP) is 1.15. The summed E-state index contributed by atoms with van der Waals surface area (Å²) in [6, 6.07) is 3.08. The van der Waals surface area contributed by atoms with Gasteiger partial charge in [-0.3, -0.25) is 0 Å². The van der Waals surface area contributed by atoms with Crippen LogP contribution in [0.2, 0.25) is 0 Å². The summed E-state index contributed by atoms with van der Waals surface area (Å²) >= 11 is 5.93. The first-order valence-corrected chi connectivity index (χ1v) is 7.30. The summed E-state index contributed by atoms with van der Waals surface area (Å²) < 4.78 is 27.9. The predicted molar refractivity (Wildman–Crippen MR) is 67.4 cm³/mol. The summed E-state index contributed by atoms with van der Waals surface area (Å²) in [5, 5.41) is 2.66. The third kappa shape index (κ3) is 4.49. The van der Waals surface area contributed by atoms with Crippen LogP contribution in [0.25, 0.3) is 0 Å². The smallest absolute Gasteiger partial charge is 0.179 e. The molecular formula is C10H15ClN2O3S. The van der Waals surface area contributed by atoms with Gasteiger partial charge in [0.15, 0.2) is 9.84 Å². The van der Waals surface area contributed by atoms with E-state index < -0.39 is 9.84 Å². The zero-order valence-corrected chi connectivity index (χ0v) is 11.3. The van der Waals surface area contributed by atoms with E-state index in [1.807, 2.05) is 0 Å². The summed E-state index contributed by atoms with van der Waals surface area (Å²) in [5.41, 5.74) is 0. The molecule has 0 amide bonds. The third-order valence-corrected chi connectivity index (χ3v) is 3.42. The number of sulfone groups is 1. The van der Waals surface area contributed by atoms with Crippen molar-refractivity contribution in [2.45, 2.75) is 10.3 Å². The second-order valence-electron chi connectivity index (χ2n) is 3.56. The van der Waals surface area contributed by atoms with E-state index in [4.69, 9.17) is 16.3 Å². The highest BCUT2D eigenvalue weighted by atomic mass is 35.5. The SMILES string of the molecule is COCC(Cl)CNc1ncccc1S(C)(=O)=O. The quantitative estimate of drug-likeness (QED) is 0.791. The third-order valence-electron chi connectivity index (χ3n) is 2.01. The van der Waals surface area contributed by atoms with Crippen LogP contribution >= 0.6 is 11.6 Å². The van der Waals surface area contributed by atoms with Crippen LogP contribution in [0, 0.1) is 0 Å². The van der Waals surface area contributed by atoms with Crippen molar-refractivity contribution in [2.75, 3.05) is 31.8 Å². The van der Waals surface area contributed by atoms with Gasteiger partial charge in [0.1, 0.15) is 10.7 Å². The molecule has 1 atom stereocenters. The lowest BCUT2D eigenvalue weighted by molar-refractivity contribution is 0.200. The van der Waals surface area contributed by atoms with Gasteiger partial charge >= 0.3 is 0 Å². The summed E-state index contributed by atoms with van der Waals surface area (Å²) in [6.07, 6.45) is 2.67. The van der Waals surface area contributed by atoms with Gasteiger partial charge in [-0.15, -0.1) is 11.6 Å². The number of pyridine rings is 1. The minimum atomic E-state index is -3.29. The fourth-order valence-electron chi connectivity index (χ4n) is 1.27. The molecule has 1 unspecified atom stereocenters. The molecule has 0 aliphatic heterocycles. The van der Waals surface area contributed by atoms with E-state index >= 15 is 0 Å². The van der Waals surface area contributed by atoms with Gasteiger partial charge in [-0.1, -0.05) is 0 Å². The first-order chi connectivity index (χ1) is 7.95. The Morgan fingerprint density at radius 1 is 1.59 bits per heavy atom. The van der Waals surface area contributed by atoms with E-state index in [2.05, 4.69) is 10.3 Å². The van der Waals surface area contributed by atoms with E-state index in [1.165, 1.54) is 12.3 Å². The number of aromatic nitrogens is 1. The first-order valence-electron chi connectivity index (χ1n) is 4.97. The van der Waals surface area contributed by atoms with Crippen LogP contribution in [0.15, 0.2) is 23.2 Å². The number of nitrogens with one attached hydrogen (secondary N) is 1. The molecule has 0 spiro atoms. The molecule has 1 N–H and O–H groups in total. The molecule has 1 rings (SSSR count). The number of halogens is 1. The van der Waals surface area contributed by atoms with Gasteiger partial charge in [0.05, 0.1) is 12.0 Å². The number of ether oxygens (including phenoxy) is 1. The molecule has 5 nitrogen and oxygen atoms in total. The van der Waals surface area contributed by atoms with Crippen molar-refractivity contribution >= 4 is 27.3 Å². The number of methoxy groups -OCH3 is 1. The summed E-state index contributed by atoms with van der Waals surface area (Å²) in [6.45, 7) is 0.768. The van der Waals surface area contributed by atoms with Gasteiger partial charge < -0.3 is 10.1 Å². The standard InChI is InChI=1S/C10H15ClN2O3S/c1-16-7-8(11)6-13-10-9(17(2,14)15)4-3-5-12-10/h3-5,8H,6-7H2,1-2H3,(H,12,13). The van der Waals surface area contributed by atoms with Crippen LogP contribution in [-0.2, 0) is 14.6 Å². The molecule has 0 bridgehead atoms. The lowest BCUT2D eigenvalue weighted by Crippen LogP contribution is -2.20. The normalized spacial score (nSPS) is 13.4. The van der Waals surface area contributed by atoms with Gasteiger partial charge in [-0.2, -0.15) is 0 Å². The average Bonchev–Trinajstić information content (AvgIpc) is 2.26. The highest BCUT2D eigenvalue weighted by molar-refractivity contribution is 7.90. The zero-order chi connectivity index (χ0) is 12.9. The maximum absolute atomic E-state index is 11.5. The van der Waals surface area contributed by atoms with Gasteiger partial charge in [0.25, 0.3) is 0 Å². The van der Waals surface area contributed by atoms with Crippen molar-refractivity contribution in [3.63, 3.8) is 0 Å². The van der Waals surface area contributed by atoms with Crippen molar-refractivity contribution < 1.29 is 13.2 Å².